The molecule has 3 heterocycles. The van der Waals surface area contributed by atoms with E-state index in [2.05, 4.69) is 53.5 Å². The van der Waals surface area contributed by atoms with Gasteiger partial charge >= 0.3 is 121 Å². The molecule has 1 N–H and O–H groups in total. The van der Waals surface area contributed by atoms with E-state index in [0.29, 0.717) is 29.0 Å². The molecule has 0 bridgehead atoms. The van der Waals surface area contributed by atoms with Gasteiger partial charge in [0.05, 0.1) is 0 Å². The van der Waals surface area contributed by atoms with Crippen molar-refractivity contribution in [2.45, 2.75) is 0 Å². The van der Waals surface area contributed by atoms with Gasteiger partial charge in [-0.1, -0.05) is 0 Å². The van der Waals surface area contributed by atoms with Gasteiger partial charge in [-0.15, -0.1) is 0 Å². The summed E-state index contributed by atoms with van der Waals surface area (Å²) in [6.07, 6.45) is 0. The molecule has 0 aliphatic carbocycles. The van der Waals surface area contributed by atoms with Crippen LogP contribution in [-0.4, -0.2) is 34.0 Å². The van der Waals surface area contributed by atoms with Crippen molar-refractivity contribution in [1.29, 1.82) is 0 Å². The summed E-state index contributed by atoms with van der Waals surface area (Å²) in [5.41, 5.74) is 2.80. The van der Waals surface area contributed by atoms with Gasteiger partial charge in [-0.2, -0.15) is 0 Å². The molecule has 19 heavy (non-hydrogen) atoms. The third kappa shape index (κ3) is 1.31. The summed E-state index contributed by atoms with van der Waals surface area (Å²) in [7, 11) is 0. The predicted molar refractivity (Wildman–Crippen MR) is 84.7 cm³/mol. The topological polar surface area (TPSA) is 15.8 Å². The molecule has 0 aliphatic rings. The molecule has 90 valence electrons. The Morgan fingerprint density at radius 3 is 1.63 bits per heavy atom. The van der Waals surface area contributed by atoms with Gasteiger partial charge in [0.2, 0.25) is 0 Å². The van der Waals surface area contributed by atoms with Crippen molar-refractivity contribution in [2.75, 3.05) is 0 Å². The Balaban J connectivity index is 2.10. The zero-order valence-electron chi connectivity index (χ0n) is 9.94. The number of fused-ring (bicyclic) bond motifs is 7. The summed E-state index contributed by atoms with van der Waals surface area (Å²) in [5.74, 6) is 0. The molecular weight excluding hydrogens is 364 g/mol. The molecule has 0 fully saturated rings. The van der Waals surface area contributed by atoms with E-state index >= 15 is 0 Å². The van der Waals surface area contributed by atoms with Crippen molar-refractivity contribution < 1.29 is 0 Å². The van der Waals surface area contributed by atoms with Crippen LogP contribution >= 0.6 is 0 Å². The van der Waals surface area contributed by atoms with E-state index < -0.39 is 0 Å². The Hall–Kier alpha value is -1.24. The van der Waals surface area contributed by atoms with Crippen LogP contribution in [0.4, 0.5) is 0 Å². The molecule has 0 unspecified atom stereocenters. The molecule has 1 nitrogen and oxygen atoms in total. The Morgan fingerprint density at radius 1 is 0.632 bits per heavy atom. The number of rotatable bonds is 0. The van der Waals surface area contributed by atoms with Gasteiger partial charge in [0.15, 0.2) is 0 Å². The molecule has 3 heteroatoms. The number of hydrogen-bond donors (Lipinski definition) is 1. The predicted octanol–water partition coefficient (Wildman–Crippen LogP) is 3.74. The van der Waals surface area contributed by atoms with Crippen LogP contribution in [-0.2, 0) is 0 Å². The van der Waals surface area contributed by atoms with Crippen molar-refractivity contribution in [3.05, 3.63) is 48.5 Å². The third-order valence-electron chi connectivity index (χ3n) is 3.65. The average Bonchev–Trinajstić information content (AvgIpc) is 3.07. The van der Waals surface area contributed by atoms with Crippen LogP contribution in [0.2, 0.25) is 0 Å². The second-order valence-corrected chi connectivity index (χ2v) is 9.14. The van der Waals surface area contributed by atoms with Crippen molar-refractivity contribution in [3.63, 3.8) is 0 Å². The maximum absolute atomic E-state index is 3.72. The quantitative estimate of drug-likeness (QED) is 0.398. The van der Waals surface area contributed by atoms with Crippen LogP contribution in [0.5, 0.6) is 0 Å². The van der Waals surface area contributed by atoms with E-state index in [0.717, 1.165) is 0 Å². The zero-order chi connectivity index (χ0) is 12.4. The molecule has 0 aliphatic heterocycles. The normalized spacial score (nSPS) is 12.2. The molecule has 2 aromatic carbocycles. The first kappa shape index (κ1) is 10.5. The fraction of sp³-hybridized carbons (Fsp3) is 0. The van der Waals surface area contributed by atoms with Crippen LogP contribution < -0.4 is 0 Å². The summed E-state index contributed by atoms with van der Waals surface area (Å²) in [4.78, 5) is 3.72. The number of aromatic nitrogens is 1. The van der Waals surface area contributed by atoms with Crippen molar-refractivity contribution in [1.82, 2.24) is 4.98 Å². The molecular formula is C16H9NSe2. The third-order valence-corrected chi connectivity index (χ3v) is 9.29. The second-order valence-electron chi connectivity index (χ2n) is 4.73. The summed E-state index contributed by atoms with van der Waals surface area (Å²) >= 11 is 0.972. The fourth-order valence-corrected chi connectivity index (χ4v) is 8.33. The van der Waals surface area contributed by atoms with Crippen molar-refractivity contribution >= 4 is 67.9 Å². The Morgan fingerprint density at radius 2 is 1.11 bits per heavy atom. The number of hydrogen-bond acceptors (Lipinski definition) is 0. The van der Waals surface area contributed by atoms with Gasteiger partial charge in [0, 0.05) is 0 Å². The number of nitrogens with one attached hydrogen (secondary N) is 1. The SMILES string of the molecule is c1ccc2c(c1)[se]c1c2[nH]c2c3ccccc3[se]c21. The van der Waals surface area contributed by atoms with E-state index in [4.69, 9.17) is 0 Å². The maximum atomic E-state index is 3.72. The fourth-order valence-electron chi connectivity index (χ4n) is 2.78. The van der Waals surface area contributed by atoms with Gasteiger partial charge in [0.1, 0.15) is 0 Å². The second kappa shape index (κ2) is 3.65. The molecule has 0 saturated carbocycles. The van der Waals surface area contributed by atoms with E-state index in [1.165, 1.54) is 30.3 Å². The standard InChI is InChI=1S/C16H9NSe2/c1-3-7-11-9(5-1)13-15(18-11)16-14(17-13)10-6-2-4-8-12(10)19-16/h1-8,17H. The minimum absolute atomic E-state index is 0.486. The average molecular weight is 373 g/mol. The van der Waals surface area contributed by atoms with Crippen LogP contribution in [0.1, 0.15) is 0 Å². The molecule has 0 saturated heterocycles. The summed E-state index contributed by atoms with van der Waals surface area (Å²) in [6.45, 7) is 0. The molecule has 0 amide bonds. The summed E-state index contributed by atoms with van der Waals surface area (Å²) in [6, 6.07) is 17.7. The molecule has 0 radical (unpaired) electrons. The zero-order valence-corrected chi connectivity index (χ0v) is 13.4. The van der Waals surface area contributed by atoms with E-state index in [-0.39, 0.29) is 0 Å². The molecule has 3 aromatic heterocycles. The van der Waals surface area contributed by atoms with Gasteiger partial charge in [-0.3, -0.25) is 0 Å². The molecule has 5 aromatic rings. The first-order valence-electron chi connectivity index (χ1n) is 6.22. The van der Waals surface area contributed by atoms with Crippen molar-refractivity contribution in [3.8, 4) is 0 Å². The Kier molecular flexibility index (Phi) is 2.02. The van der Waals surface area contributed by atoms with Gasteiger partial charge in [-0.05, 0) is 0 Å². The Bertz CT molecular complexity index is 977. The molecule has 0 spiro atoms. The number of aromatic amines is 1. The number of benzene rings is 2. The van der Waals surface area contributed by atoms with E-state index in [1.54, 1.807) is 8.52 Å². The van der Waals surface area contributed by atoms with Crippen LogP contribution in [0.3, 0.4) is 0 Å². The minimum atomic E-state index is 0.486. The van der Waals surface area contributed by atoms with Gasteiger partial charge < -0.3 is 0 Å². The molecule has 0 atom stereocenters. The summed E-state index contributed by atoms with van der Waals surface area (Å²) in [5, 5.41) is 2.86. The van der Waals surface area contributed by atoms with E-state index in [9.17, 15) is 0 Å². The summed E-state index contributed by atoms with van der Waals surface area (Å²) < 4.78 is 6.29. The van der Waals surface area contributed by atoms with Gasteiger partial charge in [0.25, 0.3) is 0 Å². The Labute approximate surface area is 121 Å². The van der Waals surface area contributed by atoms with Crippen LogP contribution in [0.15, 0.2) is 48.5 Å². The first-order valence-corrected chi connectivity index (χ1v) is 9.65. The van der Waals surface area contributed by atoms with E-state index in [1.807, 2.05) is 0 Å². The van der Waals surface area contributed by atoms with Crippen LogP contribution in [0.25, 0.3) is 38.8 Å². The van der Waals surface area contributed by atoms with Crippen molar-refractivity contribution in [2.24, 2.45) is 0 Å². The molecule has 5 rings (SSSR count). The number of H-pyrrole nitrogens is 1. The first-order chi connectivity index (χ1) is 9.42. The van der Waals surface area contributed by atoms with Gasteiger partial charge in [-0.25, -0.2) is 0 Å². The monoisotopic (exact) mass is 375 g/mol. The van der Waals surface area contributed by atoms with Crippen LogP contribution in [0, 0.1) is 0 Å².